The van der Waals surface area contributed by atoms with Crippen LogP contribution in [0.2, 0.25) is 0 Å². The van der Waals surface area contributed by atoms with E-state index in [2.05, 4.69) is 0 Å². The summed E-state index contributed by atoms with van der Waals surface area (Å²) in [5, 5.41) is 0. The molecule has 2 aromatic carbocycles. The van der Waals surface area contributed by atoms with Crippen molar-refractivity contribution in [1.29, 1.82) is 0 Å². The molecule has 2 aromatic rings. The van der Waals surface area contributed by atoms with Crippen LogP contribution in [-0.2, 0) is 9.84 Å². The van der Waals surface area contributed by atoms with Gasteiger partial charge in [-0.1, -0.05) is 30.3 Å². The van der Waals surface area contributed by atoms with Gasteiger partial charge < -0.3 is 10.5 Å². The minimum Gasteiger partial charge on any atom is -0.496 e. The Morgan fingerprint density at radius 1 is 1.10 bits per heavy atom. The van der Waals surface area contributed by atoms with E-state index in [9.17, 15) is 8.42 Å². The summed E-state index contributed by atoms with van der Waals surface area (Å²) in [7, 11) is -1.66. The van der Waals surface area contributed by atoms with Crippen molar-refractivity contribution in [3.8, 4) is 5.75 Å². The molecule has 0 amide bonds. The quantitative estimate of drug-likeness (QED) is 0.937. The van der Waals surface area contributed by atoms with Crippen LogP contribution in [0.1, 0.15) is 17.2 Å². The maximum Gasteiger partial charge on any atom is 0.175 e. The molecular weight excluding hydrogens is 274 g/mol. The molecule has 0 spiro atoms. The zero-order valence-corrected chi connectivity index (χ0v) is 12.2. The fraction of sp³-hybridized carbons (Fsp3) is 0.200. The molecule has 0 aliphatic heterocycles. The summed E-state index contributed by atoms with van der Waals surface area (Å²) in [6.45, 7) is 0. The number of sulfone groups is 1. The van der Waals surface area contributed by atoms with Gasteiger partial charge in [0.05, 0.1) is 18.0 Å². The molecule has 0 saturated heterocycles. The lowest BCUT2D eigenvalue weighted by Crippen LogP contribution is -2.13. The van der Waals surface area contributed by atoms with Gasteiger partial charge in [0.1, 0.15) is 5.75 Å². The van der Waals surface area contributed by atoms with Crippen molar-refractivity contribution in [3.63, 3.8) is 0 Å². The highest BCUT2D eigenvalue weighted by molar-refractivity contribution is 7.90. The summed E-state index contributed by atoms with van der Waals surface area (Å²) in [6, 6.07) is 13.7. The summed E-state index contributed by atoms with van der Waals surface area (Å²) in [5.74, 6) is 0.685. The molecule has 0 saturated carbocycles. The molecule has 20 heavy (non-hydrogen) atoms. The summed E-state index contributed by atoms with van der Waals surface area (Å²) in [5.41, 5.74) is 7.78. The fourth-order valence-corrected chi connectivity index (χ4v) is 2.72. The Hall–Kier alpha value is -1.85. The van der Waals surface area contributed by atoms with Crippen LogP contribution in [0.5, 0.6) is 5.75 Å². The predicted molar refractivity (Wildman–Crippen MR) is 78.6 cm³/mol. The first-order valence-electron chi connectivity index (χ1n) is 6.12. The second kappa shape index (κ2) is 5.64. The minimum absolute atomic E-state index is 0.264. The lowest BCUT2D eigenvalue weighted by atomic mass is 9.99. The third-order valence-corrected chi connectivity index (χ3v) is 4.23. The van der Waals surface area contributed by atoms with E-state index in [0.29, 0.717) is 5.75 Å². The van der Waals surface area contributed by atoms with E-state index in [1.54, 1.807) is 25.3 Å². The first kappa shape index (κ1) is 14.6. The molecule has 0 heterocycles. The number of hydrogen-bond acceptors (Lipinski definition) is 4. The largest absolute Gasteiger partial charge is 0.496 e. The van der Waals surface area contributed by atoms with Gasteiger partial charge in [-0.2, -0.15) is 0 Å². The average molecular weight is 291 g/mol. The molecule has 0 aliphatic carbocycles. The number of para-hydroxylation sites is 1. The van der Waals surface area contributed by atoms with E-state index >= 15 is 0 Å². The lowest BCUT2D eigenvalue weighted by molar-refractivity contribution is 0.408. The average Bonchev–Trinajstić information content (AvgIpc) is 2.45. The number of methoxy groups -OCH3 is 1. The summed E-state index contributed by atoms with van der Waals surface area (Å²) in [6.07, 6.45) is 1.18. The van der Waals surface area contributed by atoms with Crippen molar-refractivity contribution < 1.29 is 13.2 Å². The molecule has 0 radical (unpaired) electrons. The van der Waals surface area contributed by atoms with Crippen molar-refractivity contribution in [2.75, 3.05) is 13.4 Å². The molecule has 0 bridgehead atoms. The minimum atomic E-state index is -3.24. The van der Waals surface area contributed by atoms with Gasteiger partial charge in [-0.3, -0.25) is 0 Å². The maximum absolute atomic E-state index is 11.6. The molecule has 2 N–H and O–H groups in total. The Balaban J connectivity index is 2.46. The summed E-state index contributed by atoms with van der Waals surface area (Å²) in [4.78, 5) is 0.264. The van der Waals surface area contributed by atoms with Crippen molar-refractivity contribution in [2.45, 2.75) is 10.9 Å². The Morgan fingerprint density at radius 3 is 2.45 bits per heavy atom. The SMILES string of the molecule is COc1ccccc1C(N)c1cccc(S(C)(=O)=O)c1. The van der Waals surface area contributed by atoms with Crippen molar-refractivity contribution in [2.24, 2.45) is 5.73 Å². The lowest BCUT2D eigenvalue weighted by Gasteiger charge is -2.16. The van der Waals surface area contributed by atoms with Gasteiger partial charge in [0.2, 0.25) is 0 Å². The van der Waals surface area contributed by atoms with Gasteiger partial charge in [0.15, 0.2) is 9.84 Å². The number of hydrogen-bond donors (Lipinski definition) is 1. The van der Waals surface area contributed by atoms with Crippen LogP contribution in [0.15, 0.2) is 53.4 Å². The van der Waals surface area contributed by atoms with Gasteiger partial charge in [-0.05, 0) is 23.8 Å². The molecule has 1 atom stereocenters. The van der Waals surface area contributed by atoms with Gasteiger partial charge in [-0.25, -0.2) is 8.42 Å². The third kappa shape index (κ3) is 3.00. The predicted octanol–water partition coefficient (Wildman–Crippen LogP) is 2.15. The number of ether oxygens (including phenoxy) is 1. The molecule has 0 aromatic heterocycles. The molecule has 1 unspecified atom stereocenters. The Morgan fingerprint density at radius 2 is 1.80 bits per heavy atom. The zero-order chi connectivity index (χ0) is 14.8. The highest BCUT2D eigenvalue weighted by atomic mass is 32.2. The van der Waals surface area contributed by atoms with E-state index in [1.807, 2.05) is 30.3 Å². The number of rotatable bonds is 4. The first-order valence-corrected chi connectivity index (χ1v) is 8.01. The zero-order valence-electron chi connectivity index (χ0n) is 11.4. The number of benzene rings is 2. The Bertz CT molecular complexity index is 711. The molecule has 106 valence electrons. The maximum atomic E-state index is 11.6. The first-order chi connectivity index (χ1) is 9.43. The monoisotopic (exact) mass is 291 g/mol. The topological polar surface area (TPSA) is 69.4 Å². The third-order valence-electron chi connectivity index (χ3n) is 3.12. The Kier molecular flexibility index (Phi) is 4.11. The van der Waals surface area contributed by atoms with E-state index in [4.69, 9.17) is 10.5 Å². The summed E-state index contributed by atoms with van der Waals surface area (Å²) >= 11 is 0. The van der Waals surface area contributed by atoms with E-state index in [1.165, 1.54) is 6.26 Å². The van der Waals surface area contributed by atoms with Gasteiger partial charge >= 0.3 is 0 Å². The van der Waals surface area contributed by atoms with Gasteiger partial charge in [-0.15, -0.1) is 0 Å². The van der Waals surface area contributed by atoms with Crippen LogP contribution in [0.4, 0.5) is 0 Å². The van der Waals surface area contributed by atoms with Crippen LogP contribution in [0, 0.1) is 0 Å². The van der Waals surface area contributed by atoms with E-state index in [-0.39, 0.29) is 4.90 Å². The van der Waals surface area contributed by atoms with Gasteiger partial charge in [0, 0.05) is 11.8 Å². The van der Waals surface area contributed by atoms with Crippen LogP contribution in [-0.4, -0.2) is 21.8 Å². The van der Waals surface area contributed by atoms with Crippen LogP contribution >= 0.6 is 0 Å². The van der Waals surface area contributed by atoms with Crippen LogP contribution in [0.3, 0.4) is 0 Å². The highest BCUT2D eigenvalue weighted by Crippen LogP contribution is 2.28. The Labute approximate surface area is 119 Å². The van der Waals surface area contributed by atoms with Crippen LogP contribution < -0.4 is 10.5 Å². The molecule has 5 heteroatoms. The van der Waals surface area contributed by atoms with Crippen molar-refractivity contribution >= 4 is 9.84 Å². The highest BCUT2D eigenvalue weighted by Gasteiger charge is 2.15. The van der Waals surface area contributed by atoms with Crippen LogP contribution in [0.25, 0.3) is 0 Å². The fourth-order valence-electron chi connectivity index (χ4n) is 2.04. The smallest absolute Gasteiger partial charge is 0.175 e. The normalized spacial score (nSPS) is 12.9. The van der Waals surface area contributed by atoms with E-state index in [0.717, 1.165) is 11.1 Å². The molecule has 4 nitrogen and oxygen atoms in total. The summed E-state index contributed by atoms with van der Waals surface area (Å²) < 4.78 is 28.5. The second-order valence-electron chi connectivity index (χ2n) is 4.56. The molecular formula is C15H17NO3S. The molecule has 2 rings (SSSR count). The molecule has 0 aliphatic rings. The van der Waals surface area contributed by atoms with E-state index < -0.39 is 15.9 Å². The second-order valence-corrected chi connectivity index (χ2v) is 6.58. The molecule has 0 fully saturated rings. The standard InChI is InChI=1S/C15H17NO3S/c1-19-14-9-4-3-8-13(14)15(16)11-6-5-7-12(10-11)20(2,17)18/h3-10,15H,16H2,1-2H3. The number of nitrogens with two attached hydrogens (primary N) is 1. The van der Waals surface area contributed by atoms with Crippen molar-refractivity contribution in [3.05, 3.63) is 59.7 Å². The van der Waals surface area contributed by atoms with Crippen molar-refractivity contribution in [1.82, 2.24) is 0 Å². The van der Waals surface area contributed by atoms with Gasteiger partial charge in [0.25, 0.3) is 0 Å².